The number of carbonyl (C=O) groups excluding carboxylic acids is 2. The SMILES string of the molecule is CC(=O)N1CCCN(Cc2ccccc2)CCN(C(=O)c2c(C)cc(C)n(C)c2=O)Cc2cc(F)c(F)cc21. The highest BCUT2D eigenvalue weighted by atomic mass is 19.2. The maximum absolute atomic E-state index is 14.5. The molecule has 0 bridgehead atoms. The van der Waals surface area contributed by atoms with Gasteiger partial charge in [0.25, 0.3) is 11.5 Å². The van der Waals surface area contributed by atoms with E-state index in [1.165, 1.54) is 21.3 Å². The fourth-order valence-corrected chi connectivity index (χ4v) is 5.08. The van der Waals surface area contributed by atoms with E-state index in [1.807, 2.05) is 30.3 Å². The molecule has 0 aliphatic carbocycles. The minimum atomic E-state index is -1.07. The molecular formula is C30H34F2N4O3. The topological polar surface area (TPSA) is 65.9 Å². The van der Waals surface area contributed by atoms with Gasteiger partial charge in [-0.2, -0.15) is 0 Å². The number of pyridine rings is 1. The average molecular weight is 537 g/mol. The van der Waals surface area contributed by atoms with Crippen molar-refractivity contribution in [3.63, 3.8) is 0 Å². The van der Waals surface area contributed by atoms with Crippen LogP contribution in [0.5, 0.6) is 0 Å². The average Bonchev–Trinajstić information content (AvgIpc) is 2.92. The maximum Gasteiger partial charge on any atom is 0.263 e. The molecule has 39 heavy (non-hydrogen) atoms. The van der Waals surface area contributed by atoms with Crippen LogP contribution in [0.2, 0.25) is 0 Å². The number of halogens is 2. The quantitative estimate of drug-likeness (QED) is 0.504. The summed E-state index contributed by atoms with van der Waals surface area (Å²) in [5, 5.41) is 0. The second kappa shape index (κ2) is 11.9. The van der Waals surface area contributed by atoms with E-state index in [2.05, 4.69) is 4.90 Å². The summed E-state index contributed by atoms with van der Waals surface area (Å²) < 4.78 is 30.3. The van der Waals surface area contributed by atoms with Crippen LogP contribution in [0, 0.1) is 25.5 Å². The van der Waals surface area contributed by atoms with Gasteiger partial charge in [-0.1, -0.05) is 30.3 Å². The van der Waals surface area contributed by atoms with Crippen LogP contribution in [0.3, 0.4) is 0 Å². The number of rotatable bonds is 3. The Kier molecular flexibility index (Phi) is 8.60. The molecule has 0 N–H and O–H groups in total. The predicted octanol–water partition coefficient (Wildman–Crippen LogP) is 4.18. The van der Waals surface area contributed by atoms with Crippen molar-refractivity contribution in [2.75, 3.05) is 31.1 Å². The summed E-state index contributed by atoms with van der Waals surface area (Å²) in [5.41, 5.74) is 2.53. The lowest BCUT2D eigenvalue weighted by molar-refractivity contribution is -0.116. The summed E-state index contributed by atoms with van der Waals surface area (Å²) in [6.45, 7) is 7.10. The van der Waals surface area contributed by atoms with Crippen LogP contribution in [0.25, 0.3) is 0 Å². The molecule has 9 heteroatoms. The van der Waals surface area contributed by atoms with Gasteiger partial charge in [0.1, 0.15) is 5.56 Å². The van der Waals surface area contributed by atoms with Crippen LogP contribution in [0.15, 0.2) is 53.3 Å². The number of fused-ring (bicyclic) bond motifs is 1. The molecule has 0 unspecified atom stereocenters. The molecule has 1 aliphatic heterocycles. The smallest absolute Gasteiger partial charge is 0.263 e. The van der Waals surface area contributed by atoms with E-state index in [-0.39, 0.29) is 30.2 Å². The molecule has 206 valence electrons. The summed E-state index contributed by atoms with van der Waals surface area (Å²) in [6.07, 6.45) is 0.594. The zero-order chi connectivity index (χ0) is 28.3. The molecule has 3 aromatic rings. The highest BCUT2D eigenvalue weighted by Crippen LogP contribution is 2.27. The lowest BCUT2D eigenvalue weighted by Gasteiger charge is -2.28. The van der Waals surface area contributed by atoms with Crippen LogP contribution in [0.4, 0.5) is 14.5 Å². The van der Waals surface area contributed by atoms with Gasteiger partial charge >= 0.3 is 0 Å². The van der Waals surface area contributed by atoms with Crippen molar-refractivity contribution < 1.29 is 18.4 Å². The van der Waals surface area contributed by atoms with Crippen molar-refractivity contribution in [2.24, 2.45) is 7.05 Å². The Morgan fingerprint density at radius 2 is 1.62 bits per heavy atom. The normalized spacial score (nSPS) is 15.0. The summed E-state index contributed by atoms with van der Waals surface area (Å²) in [5.74, 6) is -2.93. The third kappa shape index (κ3) is 6.25. The molecule has 7 nitrogen and oxygen atoms in total. The molecule has 2 heterocycles. The maximum atomic E-state index is 14.5. The minimum Gasteiger partial charge on any atom is -0.333 e. The van der Waals surface area contributed by atoms with E-state index in [0.717, 1.165) is 23.4 Å². The number of carbonyl (C=O) groups is 2. The van der Waals surface area contributed by atoms with Gasteiger partial charge in [0.2, 0.25) is 5.91 Å². The van der Waals surface area contributed by atoms with Crippen molar-refractivity contribution in [1.29, 1.82) is 0 Å². The Morgan fingerprint density at radius 1 is 0.923 bits per heavy atom. The standard InChI is InChI=1S/C30H34F2N4O3/c1-20-15-21(2)33(4)29(38)28(20)30(39)35-14-13-34(18-23-9-6-5-7-10-23)11-8-12-36(22(3)37)27-17-26(32)25(31)16-24(27)19-35/h5-7,9-10,15-17H,8,11-14,18-19H2,1-4H3. The number of hydrogen-bond donors (Lipinski definition) is 0. The molecule has 0 radical (unpaired) electrons. The lowest BCUT2D eigenvalue weighted by Crippen LogP contribution is -2.41. The number of aryl methyl sites for hydroxylation is 2. The van der Waals surface area contributed by atoms with E-state index in [1.54, 1.807) is 27.0 Å². The van der Waals surface area contributed by atoms with E-state index >= 15 is 0 Å². The summed E-state index contributed by atoms with van der Waals surface area (Å²) in [7, 11) is 1.61. The number of hydrogen-bond acceptors (Lipinski definition) is 4. The van der Waals surface area contributed by atoms with Gasteiger partial charge in [-0.05, 0) is 49.1 Å². The van der Waals surface area contributed by atoms with Gasteiger partial charge < -0.3 is 14.4 Å². The lowest BCUT2D eigenvalue weighted by atomic mass is 10.1. The Hall–Kier alpha value is -3.85. The molecule has 0 saturated heterocycles. The number of benzene rings is 2. The monoisotopic (exact) mass is 536 g/mol. The Balaban J connectivity index is 1.79. The van der Waals surface area contributed by atoms with Crippen LogP contribution < -0.4 is 10.5 Å². The first kappa shape index (κ1) is 28.2. The molecule has 0 saturated carbocycles. The van der Waals surface area contributed by atoms with Gasteiger partial charge in [-0.3, -0.25) is 19.3 Å². The van der Waals surface area contributed by atoms with Crippen molar-refractivity contribution in [3.8, 4) is 0 Å². The zero-order valence-electron chi connectivity index (χ0n) is 22.8. The van der Waals surface area contributed by atoms with Crippen molar-refractivity contribution >= 4 is 17.5 Å². The van der Waals surface area contributed by atoms with Gasteiger partial charge in [-0.15, -0.1) is 0 Å². The van der Waals surface area contributed by atoms with Gasteiger partial charge in [0.05, 0.1) is 5.69 Å². The molecule has 2 amide bonds. The van der Waals surface area contributed by atoms with Crippen LogP contribution >= 0.6 is 0 Å². The fourth-order valence-electron chi connectivity index (χ4n) is 5.08. The second-order valence-electron chi connectivity index (χ2n) is 10.1. The van der Waals surface area contributed by atoms with E-state index < -0.39 is 23.1 Å². The molecule has 1 aromatic heterocycles. The summed E-state index contributed by atoms with van der Waals surface area (Å²) >= 11 is 0. The molecule has 0 atom stereocenters. The largest absolute Gasteiger partial charge is 0.333 e. The molecule has 1 aliphatic rings. The highest BCUT2D eigenvalue weighted by molar-refractivity contribution is 5.96. The molecular weight excluding hydrogens is 502 g/mol. The number of anilines is 1. The number of amides is 2. The first-order valence-corrected chi connectivity index (χ1v) is 13.1. The fraction of sp³-hybridized carbons (Fsp3) is 0.367. The molecule has 4 rings (SSSR count). The van der Waals surface area contributed by atoms with Gasteiger partial charge in [-0.25, -0.2) is 8.78 Å². The van der Waals surface area contributed by atoms with E-state index in [4.69, 9.17) is 0 Å². The number of aromatic nitrogens is 1. The third-order valence-electron chi connectivity index (χ3n) is 7.31. The van der Waals surface area contributed by atoms with E-state index in [9.17, 15) is 23.2 Å². The van der Waals surface area contributed by atoms with Gasteiger partial charge in [0, 0.05) is 65.0 Å². The van der Waals surface area contributed by atoms with Crippen molar-refractivity contribution in [2.45, 2.75) is 40.3 Å². The Labute approximate surface area is 227 Å². The first-order chi connectivity index (χ1) is 18.6. The summed E-state index contributed by atoms with van der Waals surface area (Å²) in [6, 6.07) is 13.8. The zero-order valence-corrected chi connectivity index (χ0v) is 22.8. The third-order valence-corrected chi connectivity index (χ3v) is 7.31. The predicted molar refractivity (Wildman–Crippen MR) is 147 cm³/mol. The minimum absolute atomic E-state index is 0.0418. The van der Waals surface area contributed by atoms with Crippen molar-refractivity contribution in [3.05, 3.63) is 98.5 Å². The van der Waals surface area contributed by atoms with E-state index in [0.29, 0.717) is 43.7 Å². The molecule has 0 spiro atoms. The highest BCUT2D eigenvalue weighted by Gasteiger charge is 2.27. The van der Waals surface area contributed by atoms with Crippen LogP contribution in [-0.2, 0) is 24.9 Å². The first-order valence-electron chi connectivity index (χ1n) is 13.1. The summed E-state index contributed by atoms with van der Waals surface area (Å²) in [4.78, 5) is 44.9. The number of nitrogens with zero attached hydrogens (tertiary/aromatic N) is 4. The van der Waals surface area contributed by atoms with Crippen molar-refractivity contribution in [1.82, 2.24) is 14.4 Å². The Morgan fingerprint density at radius 3 is 2.31 bits per heavy atom. The molecule has 0 fully saturated rings. The van der Waals surface area contributed by atoms with Crippen LogP contribution in [-0.4, -0.2) is 52.4 Å². The van der Waals surface area contributed by atoms with Crippen LogP contribution in [0.1, 0.15) is 46.1 Å². The Bertz CT molecular complexity index is 1440. The van der Waals surface area contributed by atoms with Gasteiger partial charge in [0.15, 0.2) is 11.6 Å². The second-order valence-corrected chi connectivity index (χ2v) is 10.1. The molecule has 2 aromatic carbocycles.